The molecule has 0 saturated carbocycles. The van der Waals surface area contributed by atoms with Crippen LogP contribution in [0.4, 0.5) is 10.5 Å². The molecule has 1 aliphatic heterocycles. The average molecular weight is 583 g/mol. The van der Waals surface area contributed by atoms with E-state index in [0.29, 0.717) is 18.0 Å². The van der Waals surface area contributed by atoms with E-state index in [9.17, 15) is 14.7 Å². The van der Waals surface area contributed by atoms with Crippen LogP contribution in [0.5, 0.6) is 11.5 Å². The van der Waals surface area contributed by atoms with Gasteiger partial charge in [-0.3, -0.25) is 10.1 Å². The van der Waals surface area contributed by atoms with Crippen LogP contribution in [-0.2, 0) is 4.79 Å². The second-order valence-corrected chi connectivity index (χ2v) is 10.7. The van der Waals surface area contributed by atoms with Crippen LogP contribution in [0.1, 0.15) is 23.3 Å². The summed E-state index contributed by atoms with van der Waals surface area (Å²) >= 11 is 4.62. The first-order chi connectivity index (χ1) is 20.4. The molecule has 1 aliphatic rings. The van der Waals surface area contributed by atoms with Crippen molar-refractivity contribution in [3.8, 4) is 11.5 Å². The summed E-state index contributed by atoms with van der Waals surface area (Å²) in [5, 5.41) is 17.1. The molecule has 3 N–H and O–H groups in total. The zero-order valence-electron chi connectivity index (χ0n) is 23.3. The number of nitrogens with one attached hydrogen (secondary N) is 2. The predicted molar refractivity (Wildman–Crippen MR) is 166 cm³/mol. The number of benzene rings is 4. The molecule has 1 fully saturated rings. The van der Waals surface area contributed by atoms with Gasteiger partial charge >= 0.3 is 6.03 Å². The number of nitrogens with zero attached hydrogens (tertiary/aromatic N) is 2. The van der Waals surface area contributed by atoms with Gasteiger partial charge in [-0.05, 0) is 53.6 Å². The van der Waals surface area contributed by atoms with Gasteiger partial charge in [0.05, 0.1) is 18.7 Å². The van der Waals surface area contributed by atoms with E-state index in [1.165, 1.54) is 4.90 Å². The van der Waals surface area contributed by atoms with Crippen molar-refractivity contribution in [3.63, 3.8) is 0 Å². The number of para-hydroxylation sites is 1. The summed E-state index contributed by atoms with van der Waals surface area (Å²) in [4.78, 5) is 31.0. The smallest absolute Gasteiger partial charge is 0.321 e. The molecule has 0 radical (unpaired) electrons. The lowest BCUT2D eigenvalue weighted by Gasteiger charge is -2.40. The van der Waals surface area contributed by atoms with Crippen molar-refractivity contribution in [3.05, 3.63) is 120 Å². The van der Waals surface area contributed by atoms with Gasteiger partial charge in [-0.15, -0.1) is 12.6 Å². The summed E-state index contributed by atoms with van der Waals surface area (Å²) < 4.78 is 5.85. The fourth-order valence-corrected chi connectivity index (χ4v) is 5.30. The number of carbonyl (C=O) groups excluding carboxylic acids is 2. The quantitative estimate of drug-likeness (QED) is 0.206. The number of carbonyl (C=O) groups is 2. The minimum atomic E-state index is -0.828. The van der Waals surface area contributed by atoms with Crippen molar-refractivity contribution in [1.82, 2.24) is 15.1 Å². The number of likely N-dealkylation sites (N-methyl/N-ethyl adjacent to an activating group) is 1. The van der Waals surface area contributed by atoms with E-state index in [4.69, 9.17) is 4.74 Å². The Balaban J connectivity index is 1.29. The predicted octanol–water partition coefficient (Wildman–Crippen LogP) is 5.51. The van der Waals surface area contributed by atoms with Gasteiger partial charge in [0.25, 0.3) is 0 Å². The van der Waals surface area contributed by atoms with Gasteiger partial charge in [-0.2, -0.15) is 0 Å². The second kappa shape index (κ2) is 13.6. The molecule has 5 rings (SSSR count). The Hall–Kier alpha value is -4.31. The van der Waals surface area contributed by atoms with Gasteiger partial charge in [0.1, 0.15) is 17.5 Å². The molecule has 2 unspecified atom stereocenters. The van der Waals surface area contributed by atoms with Crippen LogP contribution in [-0.4, -0.2) is 59.6 Å². The van der Waals surface area contributed by atoms with E-state index in [-0.39, 0.29) is 31.1 Å². The van der Waals surface area contributed by atoms with Gasteiger partial charge < -0.3 is 25.0 Å². The van der Waals surface area contributed by atoms with E-state index in [1.807, 2.05) is 84.9 Å². The van der Waals surface area contributed by atoms with Crippen molar-refractivity contribution in [2.45, 2.75) is 23.1 Å². The number of rotatable bonds is 8. The summed E-state index contributed by atoms with van der Waals surface area (Å²) in [5.41, 5.74) is 2.23. The van der Waals surface area contributed by atoms with Crippen molar-refractivity contribution < 1.29 is 19.4 Å². The lowest BCUT2D eigenvalue weighted by Crippen LogP contribution is -2.60. The lowest BCUT2D eigenvalue weighted by atomic mass is 10.0. The Morgan fingerprint density at radius 3 is 2.24 bits per heavy atom. The third kappa shape index (κ3) is 7.30. The van der Waals surface area contributed by atoms with E-state index >= 15 is 0 Å². The summed E-state index contributed by atoms with van der Waals surface area (Å²) in [6.45, 7) is 0.633. The molecule has 1 saturated heterocycles. The van der Waals surface area contributed by atoms with Crippen LogP contribution in [0.2, 0.25) is 0 Å². The normalized spacial score (nSPS) is 17.3. The Morgan fingerprint density at radius 1 is 0.929 bits per heavy atom. The maximum absolute atomic E-state index is 13.6. The standard InChI is InChI=1S/C33H34N4O4S/c1-36(22-30(38)23-10-4-2-5-11-23)32(39)29-21-37(20-28(35-29)27-14-8-9-15-31(27)42)33(40)34-24-16-18-26(19-17-24)41-25-12-6-3-7-13-25/h2-19,28-30,35,38,42H,20-22H2,1H3,(H,34,40)/t28?,29-,30?/m1/s1. The maximum Gasteiger partial charge on any atom is 0.321 e. The molecule has 3 atom stereocenters. The van der Waals surface area contributed by atoms with Gasteiger partial charge in [0.15, 0.2) is 0 Å². The monoisotopic (exact) mass is 582 g/mol. The summed E-state index contributed by atoms with van der Waals surface area (Å²) in [6.07, 6.45) is -0.828. The number of amides is 3. The number of thiol groups is 1. The molecule has 0 aromatic heterocycles. The van der Waals surface area contributed by atoms with Gasteiger partial charge in [0.2, 0.25) is 5.91 Å². The first-order valence-corrected chi connectivity index (χ1v) is 14.2. The number of hydrogen-bond acceptors (Lipinski definition) is 6. The Morgan fingerprint density at radius 2 is 1.55 bits per heavy atom. The molecule has 0 aliphatic carbocycles. The Labute approximate surface area is 251 Å². The lowest BCUT2D eigenvalue weighted by molar-refractivity contribution is -0.134. The molecule has 0 bridgehead atoms. The number of ether oxygens (including phenoxy) is 1. The summed E-state index contributed by atoms with van der Waals surface area (Å²) in [6, 6.07) is 32.2. The molecule has 1 heterocycles. The molecule has 0 spiro atoms. The van der Waals surface area contributed by atoms with E-state index in [1.54, 1.807) is 36.2 Å². The molecule has 3 amide bonds. The summed E-state index contributed by atoms with van der Waals surface area (Å²) in [5.74, 6) is 1.16. The molecule has 4 aromatic carbocycles. The van der Waals surface area contributed by atoms with Gasteiger partial charge in [-0.1, -0.05) is 66.7 Å². The maximum atomic E-state index is 13.6. The van der Waals surface area contributed by atoms with E-state index in [0.717, 1.165) is 21.8 Å². The zero-order chi connectivity index (χ0) is 29.5. The van der Waals surface area contributed by atoms with E-state index in [2.05, 4.69) is 23.3 Å². The molecular weight excluding hydrogens is 548 g/mol. The number of aliphatic hydroxyl groups excluding tert-OH is 1. The highest BCUT2D eigenvalue weighted by Gasteiger charge is 2.36. The second-order valence-electron chi connectivity index (χ2n) is 10.3. The topological polar surface area (TPSA) is 94.1 Å². The van der Waals surface area contributed by atoms with Crippen LogP contribution < -0.4 is 15.4 Å². The minimum absolute atomic E-state index is 0.123. The van der Waals surface area contributed by atoms with Crippen molar-refractivity contribution in [2.24, 2.45) is 0 Å². The SMILES string of the molecule is CN(CC(O)c1ccccc1)C(=O)[C@H]1CN(C(=O)Nc2ccc(Oc3ccccc3)cc2)CC(c2ccccc2S)N1. The highest BCUT2D eigenvalue weighted by molar-refractivity contribution is 7.80. The third-order valence-corrected chi connectivity index (χ3v) is 7.60. The molecule has 9 heteroatoms. The van der Waals surface area contributed by atoms with Crippen molar-refractivity contribution in [2.75, 3.05) is 32.0 Å². The molecule has 4 aromatic rings. The van der Waals surface area contributed by atoms with Crippen molar-refractivity contribution in [1.29, 1.82) is 0 Å². The van der Waals surface area contributed by atoms with Gasteiger partial charge in [-0.25, -0.2) is 4.79 Å². The third-order valence-electron chi connectivity index (χ3n) is 7.20. The van der Waals surface area contributed by atoms with Crippen molar-refractivity contribution >= 4 is 30.3 Å². The largest absolute Gasteiger partial charge is 0.457 e. The molecular formula is C33H34N4O4S. The zero-order valence-corrected chi connectivity index (χ0v) is 24.2. The molecule has 42 heavy (non-hydrogen) atoms. The number of aliphatic hydroxyl groups is 1. The number of hydrogen-bond donors (Lipinski definition) is 4. The Bertz CT molecular complexity index is 1490. The first-order valence-electron chi connectivity index (χ1n) is 13.8. The molecule has 216 valence electrons. The average Bonchev–Trinajstić information content (AvgIpc) is 3.02. The first kappa shape index (κ1) is 29.2. The fourth-order valence-electron chi connectivity index (χ4n) is 4.98. The van der Waals surface area contributed by atoms with Crippen LogP contribution in [0, 0.1) is 0 Å². The minimum Gasteiger partial charge on any atom is -0.457 e. The highest BCUT2D eigenvalue weighted by Crippen LogP contribution is 2.27. The summed E-state index contributed by atoms with van der Waals surface area (Å²) in [7, 11) is 1.66. The molecule has 8 nitrogen and oxygen atoms in total. The number of piperazine rings is 1. The number of anilines is 1. The van der Waals surface area contributed by atoms with E-state index < -0.39 is 12.1 Å². The van der Waals surface area contributed by atoms with Gasteiger partial charge in [0, 0.05) is 30.7 Å². The van der Waals surface area contributed by atoms with Crippen LogP contribution >= 0.6 is 12.6 Å². The fraction of sp³-hybridized carbons (Fsp3) is 0.212. The Kier molecular flexibility index (Phi) is 9.43. The van der Waals surface area contributed by atoms with Crippen LogP contribution in [0.25, 0.3) is 0 Å². The highest BCUT2D eigenvalue weighted by atomic mass is 32.1. The number of urea groups is 1. The van der Waals surface area contributed by atoms with Crippen LogP contribution in [0.15, 0.2) is 114 Å². The van der Waals surface area contributed by atoms with Crippen LogP contribution in [0.3, 0.4) is 0 Å².